The summed E-state index contributed by atoms with van der Waals surface area (Å²) in [7, 11) is 0. The second-order valence-corrected chi connectivity index (χ2v) is 5.11. The van der Waals surface area contributed by atoms with Gasteiger partial charge in [0.2, 0.25) is 0 Å². The second kappa shape index (κ2) is 5.12. The molecule has 0 amide bonds. The number of nitrogens with zero attached hydrogens (tertiary/aromatic N) is 2. The van der Waals surface area contributed by atoms with E-state index in [9.17, 15) is 10.1 Å². The molecule has 1 aromatic rings. The van der Waals surface area contributed by atoms with Gasteiger partial charge in [0.15, 0.2) is 0 Å². The minimum atomic E-state index is -0.417. The largest absolute Gasteiger partial charge is 0.363 e. The maximum atomic E-state index is 11.1. The van der Waals surface area contributed by atoms with Crippen molar-refractivity contribution in [2.45, 2.75) is 19.4 Å². The second-order valence-electron chi connectivity index (χ2n) is 4.70. The van der Waals surface area contributed by atoms with Crippen molar-refractivity contribution < 1.29 is 4.92 Å². The van der Waals surface area contributed by atoms with E-state index in [1.54, 1.807) is 18.2 Å². The number of para-hydroxylation sites is 1. The SMILES string of the molecule is CC1CC(CN)CN1c1cccc(Cl)c1[N+](=O)[O-]. The minimum absolute atomic E-state index is 0.0105. The van der Waals surface area contributed by atoms with Gasteiger partial charge < -0.3 is 10.6 Å². The molecule has 0 radical (unpaired) electrons. The van der Waals surface area contributed by atoms with E-state index in [2.05, 4.69) is 6.92 Å². The molecule has 1 aliphatic heterocycles. The Morgan fingerprint density at radius 3 is 2.89 bits per heavy atom. The molecule has 0 bridgehead atoms. The highest BCUT2D eigenvalue weighted by molar-refractivity contribution is 6.33. The van der Waals surface area contributed by atoms with Crippen LogP contribution < -0.4 is 10.6 Å². The highest BCUT2D eigenvalue weighted by Gasteiger charge is 2.33. The minimum Gasteiger partial charge on any atom is -0.363 e. The van der Waals surface area contributed by atoms with E-state index in [4.69, 9.17) is 17.3 Å². The molecular formula is C12H16ClN3O2. The molecule has 98 valence electrons. The molecule has 2 N–H and O–H groups in total. The molecule has 1 saturated heterocycles. The number of nitro groups is 1. The summed E-state index contributed by atoms with van der Waals surface area (Å²) in [4.78, 5) is 12.7. The van der Waals surface area contributed by atoms with Crippen LogP contribution in [0.3, 0.4) is 0 Å². The Hall–Kier alpha value is -1.33. The molecule has 18 heavy (non-hydrogen) atoms. The quantitative estimate of drug-likeness (QED) is 0.676. The van der Waals surface area contributed by atoms with Crippen LogP contribution in [0.1, 0.15) is 13.3 Å². The number of hydrogen-bond acceptors (Lipinski definition) is 4. The Morgan fingerprint density at radius 1 is 1.61 bits per heavy atom. The van der Waals surface area contributed by atoms with Crippen LogP contribution in [0.5, 0.6) is 0 Å². The van der Waals surface area contributed by atoms with Gasteiger partial charge in [-0.2, -0.15) is 0 Å². The van der Waals surface area contributed by atoms with E-state index >= 15 is 0 Å². The lowest BCUT2D eigenvalue weighted by Crippen LogP contribution is -2.28. The van der Waals surface area contributed by atoms with Gasteiger partial charge in [0.25, 0.3) is 0 Å². The van der Waals surface area contributed by atoms with Gasteiger partial charge in [-0.3, -0.25) is 10.1 Å². The summed E-state index contributed by atoms with van der Waals surface area (Å²) in [6, 6.07) is 5.28. The van der Waals surface area contributed by atoms with Crippen LogP contribution in [0, 0.1) is 16.0 Å². The van der Waals surface area contributed by atoms with E-state index in [-0.39, 0.29) is 16.8 Å². The number of nitrogens with two attached hydrogens (primary N) is 1. The number of hydrogen-bond donors (Lipinski definition) is 1. The fourth-order valence-electron chi connectivity index (χ4n) is 2.57. The molecule has 5 nitrogen and oxygen atoms in total. The summed E-state index contributed by atoms with van der Waals surface area (Å²) in [6.07, 6.45) is 0.958. The normalized spacial score (nSPS) is 23.4. The summed E-state index contributed by atoms with van der Waals surface area (Å²) in [5.74, 6) is 0.388. The third-order valence-electron chi connectivity index (χ3n) is 3.45. The standard InChI is InChI=1S/C12H16ClN3O2/c1-8-5-9(6-14)7-15(8)11-4-2-3-10(13)12(11)16(17)18/h2-4,8-9H,5-7,14H2,1H3. The van der Waals surface area contributed by atoms with Gasteiger partial charge in [-0.15, -0.1) is 0 Å². The van der Waals surface area contributed by atoms with Gasteiger partial charge in [0, 0.05) is 12.6 Å². The summed E-state index contributed by atoms with van der Waals surface area (Å²) < 4.78 is 0. The van der Waals surface area contributed by atoms with Crippen LogP contribution in [-0.4, -0.2) is 24.1 Å². The van der Waals surface area contributed by atoms with E-state index in [1.807, 2.05) is 4.90 Å². The first kappa shape index (κ1) is 13.1. The molecule has 2 rings (SSSR count). The zero-order chi connectivity index (χ0) is 13.3. The van der Waals surface area contributed by atoms with Gasteiger partial charge in [0.05, 0.1) is 4.92 Å². The molecule has 0 aromatic heterocycles. The number of nitro benzene ring substituents is 1. The van der Waals surface area contributed by atoms with Crippen LogP contribution in [-0.2, 0) is 0 Å². The van der Waals surface area contributed by atoms with Crippen molar-refractivity contribution in [3.8, 4) is 0 Å². The van der Waals surface area contributed by atoms with Crippen molar-refractivity contribution in [1.29, 1.82) is 0 Å². The molecule has 1 heterocycles. The smallest absolute Gasteiger partial charge is 0.310 e. The lowest BCUT2D eigenvalue weighted by atomic mass is 10.1. The Balaban J connectivity index is 2.39. The summed E-state index contributed by atoms with van der Waals surface area (Å²) in [5, 5.41) is 11.3. The molecule has 6 heteroatoms. The summed E-state index contributed by atoms with van der Waals surface area (Å²) >= 11 is 5.93. The predicted octanol–water partition coefficient (Wildman–Crippen LogP) is 2.42. The van der Waals surface area contributed by atoms with Gasteiger partial charge >= 0.3 is 5.69 Å². The fourth-order valence-corrected chi connectivity index (χ4v) is 2.80. The Morgan fingerprint density at radius 2 is 2.33 bits per heavy atom. The van der Waals surface area contributed by atoms with Crippen LogP contribution >= 0.6 is 11.6 Å². The first-order chi connectivity index (χ1) is 8.54. The highest BCUT2D eigenvalue weighted by atomic mass is 35.5. The van der Waals surface area contributed by atoms with Crippen LogP contribution in [0.4, 0.5) is 11.4 Å². The molecule has 1 aromatic carbocycles. The number of halogens is 1. The lowest BCUT2D eigenvalue weighted by molar-refractivity contribution is -0.384. The average molecular weight is 270 g/mol. The number of anilines is 1. The topological polar surface area (TPSA) is 72.4 Å². The molecule has 0 aliphatic carbocycles. The van der Waals surface area contributed by atoms with Gasteiger partial charge in [0.1, 0.15) is 10.7 Å². The van der Waals surface area contributed by atoms with E-state index in [0.717, 1.165) is 13.0 Å². The maximum absolute atomic E-state index is 11.1. The molecule has 1 aliphatic rings. The van der Waals surface area contributed by atoms with Crippen molar-refractivity contribution in [2.75, 3.05) is 18.0 Å². The van der Waals surface area contributed by atoms with Crippen molar-refractivity contribution in [3.63, 3.8) is 0 Å². The first-order valence-electron chi connectivity index (χ1n) is 5.94. The fraction of sp³-hybridized carbons (Fsp3) is 0.500. The molecule has 2 atom stereocenters. The van der Waals surface area contributed by atoms with Crippen LogP contribution in [0.15, 0.2) is 18.2 Å². The molecule has 0 saturated carbocycles. The van der Waals surface area contributed by atoms with Crippen LogP contribution in [0.25, 0.3) is 0 Å². The zero-order valence-corrected chi connectivity index (χ0v) is 10.9. The third kappa shape index (κ3) is 2.28. The number of benzene rings is 1. The molecule has 1 fully saturated rings. The van der Waals surface area contributed by atoms with Crippen molar-refractivity contribution >= 4 is 23.0 Å². The predicted molar refractivity (Wildman–Crippen MR) is 72.1 cm³/mol. The van der Waals surface area contributed by atoms with Crippen LogP contribution in [0.2, 0.25) is 5.02 Å². The molecular weight excluding hydrogens is 254 g/mol. The third-order valence-corrected chi connectivity index (χ3v) is 3.76. The van der Waals surface area contributed by atoms with Crippen molar-refractivity contribution in [2.24, 2.45) is 11.7 Å². The van der Waals surface area contributed by atoms with Crippen molar-refractivity contribution in [1.82, 2.24) is 0 Å². The van der Waals surface area contributed by atoms with E-state index < -0.39 is 4.92 Å². The van der Waals surface area contributed by atoms with Gasteiger partial charge in [-0.25, -0.2) is 0 Å². The average Bonchev–Trinajstić information content (AvgIpc) is 2.69. The Kier molecular flexibility index (Phi) is 3.73. The van der Waals surface area contributed by atoms with E-state index in [1.165, 1.54) is 0 Å². The first-order valence-corrected chi connectivity index (χ1v) is 6.32. The monoisotopic (exact) mass is 269 g/mol. The summed E-state index contributed by atoms with van der Waals surface area (Å²) in [6.45, 7) is 3.41. The van der Waals surface area contributed by atoms with E-state index in [0.29, 0.717) is 18.2 Å². The molecule has 2 unspecified atom stereocenters. The zero-order valence-electron chi connectivity index (χ0n) is 10.2. The number of rotatable bonds is 3. The lowest BCUT2D eigenvalue weighted by Gasteiger charge is -2.23. The van der Waals surface area contributed by atoms with Gasteiger partial charge in [-0.05, 0) is 37.9 Å². The van der Waals surface area contributed by atoms with Crippen molar-refractivity contribution in [3.05, 3.63) is 33.3 Å². The Bertz CT molecular complexity index is 467. The maximum Gasteiger partial charge on any atom is 0.310 e. The molecule has 0 spiro atoms. The Labute approximate surface area is 111 Å². The highest BCUT2D eigenvalue weighted by Crippen LogP contribution is 2.39. The van der Waals surface area contributed by atoms with Gasteiger partial charge in [-0.1, -0.05) is 17.7 Å². The summed E-state index contributed by atoms with van der Waals surface area (Å²) in [5.41, 5.74) is 6.26.